The maximum absolute atomic E-state index is 11.6. The number of carbonyl (C=O) groups is 1. The molecule has 0 unspecified atom stereocenters. The summed E-state index contributed by atoms with van der Waals surface area (Å²) in [4.78, 5) is 18.3. The second-order valence-electron chi connectivity index (χ2n) is 6.06. The maximum atomic E-state index is 11.6. The van der Waals surface area contributed by atoms with Gasteiger partial charge in [-0.05, 0) is 38.5 Å². The van der Waals surface area contributed by atoms with E-state index in [-0.39, 0.29) is 0 Å². The molecule has 3 heterocycles. The molecule has 3 rings (SSSR count). The molecular formula is C17H22N4O2. The molecule has 1 aliphatic rings. The summed E-state index contributed by atoms with van der Waals surface area (Å²) in [7, 11) is 1.37. The van der Waals surface area contributed by atoms with Crippen LogP contribution in [0.5, 0.6) is 0 Å². The van der Waals surface area contributed by atoms with Crippen LogP contribution in [-0.2, 0) is 11.3 Å². The van der Waals surface area contributed by atoms with E-state index < -0.39 is 5.97 Å². The number of carbonyl (C=O) groups excluding carboxylic acids is 1. The molecule has 23 heavy (non-hydrogen) atoms. The normalized spacial score (nSPS) is 18.3. The van der Waals surface area contributed by atoms with E-state index in [1.807, 2.05) is 19.1 Å². The second kappa shape index (κ2) is 6.50. The molecule has 2 aromatic heterocycles. The first-order valence-electron chi connectivity index (χ1n) is 7.86. The third-order valence-electron chi connectivity index (χ3n) is 4.22. The topological polar surface area (TPSA) is 60.2 Å². The Morgan fingerprint density at radius 1 is 1.39 bits per heavy atom. The molecule has 0 radical (unpaired) electrons. The zero-order valence-corrected chi connectivity index (χ0v) is 13.8. The molecule has 122 valence electrons. The van der Waals surface area contributed by atoms with Gasteiger partial charge in [-0.15, -0.1) is 0 Å². The van der Waals surface area contributed by atoms with Crippen molar-refractivity contribution in [2.75, 3.05) is 20.2 Å². The Hall–Kier alpha value is -2.21. The molecule has 6 nitrogen and oxygen atoms in total. The van der Waals surface area contributed by atoms with Crippen LogP contribution in [0.15, 0.2) is 24.3 Å². The molecule has 0 amide bonds. The van der Waals surface area contributed by atoms with Crippen molar-refractivity contribution in [1.29, 1.82) is 0 Å². The van der Waals surface area contributed by atoms with Gasteiger partial charge in [0.25, 0.3) is 0 Å². The van der Waals surface area contributed by atoms with Crippen molar-refractivity contribution in [1.82, 2.24) is 19.7 Å². The van der Waals surface area contributed by atoms with Crippen LogP contribution < -0.4 is 0 Å². The number of hydrogen-bond acceptors (Lipinski definition) is 5. The Labute approximate surface area is 136 Å². The van der Waals surface area contributed by atoms with E-state index in [2.05, 4.69) is 32.7 Å². The van der Waals surface area contributed by atoms with Gasteiger partial charge in [-0.3, -0.25) is 9.58 Å². The lowest BCUT2D eigenvalue weighted by atomic mass is 10.2. The van der Waals surface area contributed by atoms with Gasteiger partial charge in [0, 0.05) is 25.3 Å². The Kier molecular flexibility index (Phi) is 4.43. The number of methoxy groups -OCH3 is 1. The van der Waals surface area contributed by atoms with Crippen molar-refractivity contribution < 1.29 is 9.53 Å². The molecule has 1 atom stereocenters. The number of esters is 1. The first-order chi connectivity index (χ1) is 11.1. The van der Waals surface area contributed by atoms with E-state index in [0.717, 1.165) is 37.4 Å². The van der Waals surface area contributed by atoms with Crippen molar-refractivity contribution in [2.45, 2.75) is 32.9 Å². The molecule has 1 fully saturated rings. The second-order valence-corrected chi connectivity index (χ2v) is 6.06. The van der Waals surface area contributed by atoms with E-state index in [1.54, 1.807) is 6.07 Å². The van der Waals surface area contributed by atoms with Crippen molar-refractivity contribution in [3.8, 4) is 0 Å². The summed E-state index contributed by atoms with van der Waals surface area (Å²) in [6.45, 7) is 6.82. The highest BCUT2D eigenvalue weighted by atomic mass is 16.5. The van der Waals surface area contributed by atoms with Crippen molar-refractivity contribution in [2.24, 2.45) is 0 Å². The highest BCUT2D eigenvalue weighted by molar-refractivity contribution is 5.87. The quantitative estimate of drug-likeness (QED) is 0.809. The first kappa shape index (κ1) is 15.7. The summed E-state index contributed by atoms with van der Waals surface area (Å²) in [6, 6.07) is 8.00. The third kappa shape index (κ3) is 3.42. The van der Waals surface area contributed by atoms with Gasteiger partial charge in [-0.2, -0.15) is 5.10 Å². The first-order valence-corrected chi connectivity index (χ1v) is 7.86. The molecule has 1 saturated heterocycles. The zero-order chi connectivity index (χ0) is 16.4. The fourth-order valence-corrected chi connectivity index (χ4v) is 3.19. The van der Waals surface area contributed by atoms with Gasteiger partial charge in [0.15, 0.2) is 0 Å². The standard InChI is InChI=1S/C17H22N4O2/c1-12-9-13(2)21(19-12)15-7-8-20(11-15)10-14-5-4-6-16(18-14)17(22)23-3/h4-6,9,15H,7-8,10-11H2,1-3H3/t15-/m0/s1. The van der Waals surface area contributed by atoms with Crippen molar-refractivity contribution in [3.05, 3.63) is 47.0 Å². The van der Waals surface area contributed by atoms with Crippen LogP contribution in [0, 0.1) is 13.8 Å². The molecule has 2 aromatic rings. The molecule has 0 bridgehead atoms. The third-order valence-corrected chi connectivity index (χ3v) is 4.22. The number of aromatic nitrogens is 3. The lowest BCUT2D eigenvalue weighted by Gasteiger charge is -2.17. The van der Waals surface area contributed by atoms with Gasteiger partial charge in [0.1, 0.15) is 5.69 Å². The van der Waals surface area contributed by atoms with Crippen LogP contribution in [-0.4, -0.2) is 45.8 Å². The summed E-state index contributed by atoms with van der Waals surface area (Å²) >= 11 is 0. The highest BCUT2D eigenvalue weighted by Crippen LogP contribution is 2.24. The van der Waals surface area contributed by atoms with Crippen LogP contribution in [0.3, 0.4) is 0 Å². The van der Waals surface area contributed by atoms with E-state index in [4.69, 9.17) is 4.74 Å². The van der Waals surface area contributed by atoms with E-state index in [9.17, 15) is 4.79 Å². The number of nitrogens with zero attached hydrogens (tertiary/aromatic N) is 4. The van der Waals surface area contributed by atoms with Gasteiger partial charge < -0.3 is 4.74 Å². The average Bonchev–Trinajstić information content (AvgIpc) is 3.12. The van der Waals surface area contributed by atoms with Crippen LogP contribution in [0.4, 0.5) is 0 Å². The molecule has 0 aromatic carbocycles. The number of hydrogen-bond donors (Lipinski definition) is 0. The fourth-order valence-electron chi connectivity index (χ4n) is 3.19. The van der Waals surface area contributed by atoms with Gasteiger partial charge in [-0.25, -0.2) is 9.78 Å². The average molecular weight is 314 g/mol. The lowest BCUT2D eigenvalue weighted by molar-refractivity contribution is 0.0593. The summed E-state index contributed by atoms with van der Waals surface area (Å²) in [5.74, 6) is -0.395. The minimum Gasteiger partial charge on any atom is -0.464 e. The van der Waals surface area contributed by atoms with Crippen molar-refractivity contribution >= 4 is 5.97 Å². The smallest absolute Gasteiger partial charge is 0.356 e. The van der Waals surface area contributed by atoms with Crippen LogP contribution >= 0.6 is 0 Å². The maximum Gasteiger partial charge on any atom is 0.356 e. The Bertz CT molecular complexity index is 710. The minimum absolute atomic E-state index is 0.360. The minimum atomic E-state index is -0.395. The fraction of sp³-hybridized carbons (Fsp3) is 0.471. The van der Waals surface area contributed by atoms with Gasteiger partial charge in [0.2, 0.25) is 0 Å². The Morgan fingerprint density at radius 2 is 2.22 bits per heavy atom. The SMILES string of the molecule is COC(=O)c1cccc(CN2CC[C@H](n3nc(C)cc3C)C2)n1. The highest BCUT2D eigenvalue weighted by Gasteiger charge is 2.25. The number of pyridine rings is 1. The van der Waals surface area contributed by atoms with Crippen molar-refractivity contribution in [3.63, 3.8) is 0 Å². The van der Waals surface area contributed by atoms with Gasteiger partial charge in [-0.1, -0.05) is 6.07 Å². The summed E-state index contributed by atoms with van der Waals surface area (Å²) in [5.41, 5.74) is 3.52. The van der Waals surface area contributed by atoms with E-state index in [1.165, 1.54) is 12.8 Å². The molecule has 0 aliphatic carbocycles. The Balaban J connectivity index is 1.66. The molecule has 0 saturated carbocycles. The number of ether oxygens (including phenoxy) is 1. The van der Waals surface area contributed by atoms with E-state index >= 15 is 0 Å². The molecule has 1 aliphatic heterocycles. The predicted molar refractivity (Wildman–Crippen MR) is 86.2 cm³/mol. The van der Waals surface area contributed by atoms with Crippen LogP contribution in [0.1, 0.15) is 40.0 Å². The van der Waals surface area contributed by atoms with Crippen LogP contribution in [0.2, 0.25) is 0 Å². The number of likely N-dealkylation sites (tertiary alicyclic amines) is 1. The summed E-state index contributed by atoms with van der Waals surface area (Å²) < 4.78 is 6.86. The van der Waals surface area contributed by atoms with E-state index in [0.29, 0.717) is 11.7 Å². The lowest BCUT2D eigenvalue weighted by Crippen LogP contribution is -2.23. The number of aryl methyl sites for hydroxylation is 2. The number of rotatable bonds is 4. The van der Waals surface area contributed by atoms with Crippen LogP contribution in [0.25, 0.3) is 0 Å². The largest absolute Gasteiger partial charge is 0.464 e. The Morgan fingerprint density at radius 3 is 2.91 bits per heavy atom. The molecule has 6 heteroatoms. The summed E-state index contributed by atoms with van der Waals surface area (Å²) in [6.07, 6.45) is 1.08. The zero-order valence-electron chi connectivity index (χ0n) is 13.8. The molecule has 0 spiro atoms. The summed E-state index contributed by atoms with van der Waals surface area (Å²) in [5, 5.41) is 4.60. The van der Waals surface area contributed by atoms with Gasteiger partial charge in [0.05, 0.1) is 24.5 Å². The molecule has 0 N–H and O–H groups in total. The van der Waals surface area contributed by atoms with Gasteiger partial charge >= 0.3 is 5.97 Å². The monoisotopic (exact) mass is 314 g/mol. The predicted octanol–water partition coefficient (Wildman–Crippen LogP) is 2.13. The molecular weight excluding hydrogens is 292 g/mol.